The Bertz CT molecular complexity index is 615. The van der Waals surface area contributed by atoms with Gasteiger partial charge in [0.25, 0.3) is 0 Å². The van der Waals surface area contributed by atoms with E-state index in [1.54, 1.807) is 19.2 Å². The van der Waals surface area contributed by atoms with Crippen molar-refractivity contribution in [1.82, 2.24) is 4.72 Å². The first-order valence-electron chi connectivity index (χ1n) is 7.52. The summed E-state index contributed by atoms with van der Waals surface area (Å²) in [6.07, 6.45) is 4.82. The van der Waals surface area contributed by atoms with Gasteiger partial charge in [-0.25, -0.2) is 13.1 Å². The van der Waals surface area contributed by atoms with E-state index in [9.17, 15) is 8.42 Å². The molecule has 1 heterocycles. The molecule has 1 saturated carbocycles. The van der Waals surface area contributed by atoms with Crippen LogP contribution in [0.3, 0.4) is 0 Å². The smallest absolute Gasteiger partial charge is 0.240 e. The van der Waals surface area contributed by atoms with Gasteiger partial charge in [0.1, 0.15) is 0 Å². The molecule has 2 N–H and O–H groups in total. The van der Waals surface area contributed by atoms with Crippen molar-refractivity contribution in [3.63, 3.8) is 0 Å². The Hall–Kier alpha value is -1.11. The fourth-order valence-electron chi connectivity index (χ4n) is 3.22. The van der Waals surface area contributed by atoms with Gasteiger partial charge in [-0.05, 0) is 49.8 Å². The van der Waals surface area contributed by atoms with Gasteiger partial charge in [-0.15, -0.1) is 0 Å². The molecule has 1 fully saturated rings. The summed E-state index contributed by atoms with van der Waals surface area (Å²) in [6, 6.07) is 5.24. The van der Waals surface area contributed by atoms with Crippen molar-refractivity contribution in [2.75, 3.05) is 19.0 Å². The zero-order chi connectivity index (χ0) is 14.9. The van der Waals surface area contributed by atoms with Crippen LogP contribution in [0.4, 0.5) is 5.69 Å². The van der Waals surface area contributed by atoms with E-state index in [0.717, 1.165) is 44.3 Å². The third-order valence-corrected chi connectivity index (χ3v) is 5.88. The maximum absolute atomic E-state index is 12.5. The third kappa shape index (κ3) is 3.07. The predicted octanol–water partition coefficient (Wildman–Crippen LogP) is 1.89. The molecule has 21 heavy (non-hydrogen) atoms. The van der Waals surface area contributed by atoms with Gasteiger partial charge >= 0.3 is 0 Å². The summed E-state index contributed by atoms with van der Waals surface area (Å²) in [4.78, 5) is 0.331. The number of benzene rings is 1. The summed E-state index contributed by atoms with van der Waals surface area (Å²) in [5, 5.41) is 3.27. The van der Waals surface area contributed by atoms with Crippen LogP contribution < -0.4 is 10.0 Å². The normalized spacial score (nSPS) is 25.4. The molecule has 0 aromatic heterocycles. The number of ether oxygens (including phenoxy) is 1. The van der Waals surface area contributed by atoms with Crippen LogP contribution in [0, 0.1) is 0 Å². The van der Waals surface area contributed by atoms with Crippen molar-refractivity contribution in [3.05, 3.63) is 23.8 Å². The van der Waals surface area contributed by atoms with Crippen molar-refractivity contribution in [1.29, 1.82) is 0 Å². The largest absolute Gasteiger partial charge is 0.385 e. The lowest BCUT2D eigenvalue weighted by Gasteiger charge is -2.21. The molecule has 116 valence electrons. The van der Waals surface area contributed by atoms with E-state index >= 15 is 0 Å². The summed E-state index contributed by atoms with van der Waals surface area (Å²) in [7, 11) is -1.85. The van der Waals surface area contributed by atoms with E-state index in [4.69, 9.17) is 4.74 Å². The molecule has 1 aliphatic heterocycles. The molecule has 1 aromatic carbocycles. The lowest BCUT2D eigenvalue weighted by molar-refractivity contribution is 0.0916. The average molecular weight is 310 g/mol. The Labute approximate surface area is 126 Å². The summed E-state index contributed by atoms with van der Waals surface area (Å²) in [6.45, 7) is 0.901. The lowest BCUT2D eigenvalue weighted by atomic mass is 10.0. The van der Waals surface area contributed by atoms with Crippen molar-refractivity contribution in [2.45, 2.75) is 49.1 Å². The Morgan fingerprint density at radius 2 is 2.14 bits per heavy atom. The maximum atomic E-state index is 12.5. The number of hydrogen-bond acceptors (Lipinski definition) is 4. The number of methoxy groups -OCH3 is 1. The minimum absolute atomic E-state index is 0.0180. The molecule has 1 aliphatic carbocycles. The quantitative estimate of drug-likeness (QED) is 0.891. The van der Waals surface area contributed by atoms with E-state index in [-0.39, 0.29) is 12.1 Å². The summed E-state index contributed by atoms with van der Waals surface area (Å²) < 4.78 is 33.2. The Morgan fingerprint density at radius 3 is 2.95 bits per heavy atom. The molecular weight excluding hydrogens is 288 g/mol. The molecule has 0 amide bonds. The van der Waals surface area contributed by atoms with Crippen LogP contribution >= 0.6 is 0 Å². The zero-order valence-electron chi connectivity index (χ0n) is 12.3. The molecule has 3 rings (SSSR count). The first kappa shape index (κ1) is 14.8. The maximum Gasteiger partial charge on any atom is 0.240 e. The molecule has 1 aromatic rings. The highest BCUT2D eigenvalue weighted by Crippen LogP contribution is 2.27. The van der Waals surface area contributed by atoms with Gasteiger partial charge in [-0.3, -0.25) is 0 Å². The Kier molecular flexibility index (Phi) is 4.19. The number of aryl methyl sites for hydroxylation is 1. The van der Waals surface area contributed by atoms with Crippen LogP contribution in [0.2, 0.25) is 0 Å². The second-order valence-corrected chi connectivity index (χ2v) is 7.50. The van der Waals surface area contributed by atoms with E-state index in [1.807, 2.05) is 6.07 Å². The molecule has 5 nitrogen and oxygen atoms in total. The van der Waals surface area contributed by atoms with Gasteiger partial charge in [0.05, 0.1) is 11.0 Å². The molecule has 2 unspecified atom stereocenters. The topological polar surface area (TPSA) is 67.4 Å². The number of nitrogens with one attached hydrogen (secondary N) is 2. The van der Waals surface area contributed by atoms with Crippen LogP contribution in [0.1, 0.15) is 31.2 Å². The summed E-state index contributed by atoms with van der Waals surface area (Å²) >= 11 is 0. The Morgan fingerprint density at radius 1 is 1.29 bits per heavy atom. The zero-order valence-corrected chi connectivity index (χ0v) is 13.1. The van der Waals surface area contributed by atoms with Crippen LogP contribution in [0.25, 0.3) is 0 Å². The van der Waals surface area contributed by atoms with Gasteiger partial charge in [0.2, 0.25) is 10.0 Å². The molecular formula is C15H22N2O3S. The molecule has 2 aliphatic rings. The second kappa shape index (κ2) is 5.94. The number of sulfonamides is 1. The van der Waals surface area contributed by atoms with Gasteiger partial charge in [0, 0.05) is 25.4 Å². The first-order chi connectivity index (χ1) is 10.1. The fourth-order valence-corrected chi connectivity index (χ4v) is 4.54. The summed E-state index contributed by atoms with van der Waals surface area (Å²) in [5.74, 6) is 0. The average Bonchev–Trinajstić information content (AvgIpc) is 2.93. The van der Waals surface area contributed by atoms with E-state index in [0.29, 0.717) is 4.90 Å². The molecule has 0 saturated heterocycles. The molecule has 0 bridgehead atoms. The third-order valence-electron chi connectivity index (χ3n) is 4.39. The first-order valence-corrected chi connectivity index (χ1v) is 9.00. The highest BCUT2D eigenvalue weighted by molar-refractivity contribution is 7.89. The van der Waals surface area contributed by atoms with Crippen LogP contribution in [-0.4, -0.2) is 34.2 Å². The van der Waals surface area contributed by atoms with Gasteiger partial charge in [-0.2, -0.15) is 0 Å². The number of rotatable bonds is 4. The molecule has 0 radical (unpaired) electrons. The van der Waals surface area contributed by atoms with Crippen LogP contribution in [0.5, 0.6) is 0 Å². The van der Waals surface area contributed by atoms with Gasteiger partial charge < -0.3 is 10.1 Å². The molecule has 0 spiro atoms. The fraction of sp³-hybridized carbons (Fsp3) is 0.600. The predicted molar refractivity (Wildman–Crippen MR) is 82.0 cm³/mol. The van der Waals surface area contributed by atoms with E-state index in [1.165, 1.54) is 5.56 Å². The highest BCUT2D eigenvalue weighted by atomic mass is 32.2. The number of fused-ring (bicyclic) bond motifs is 1. The van der Waals surface area contributed by atoms with Crippen molar-refractivity contribution in [3.8, 4) is 0 Å². The molecule has 6 heteroatoms. The minimum atomic E-state index is -3.49. The molecule has 2 atom stereocenters. The van der Waals surface area contributed by atoms with E-state index < -0.39 is 10.0 Å². The standard InChI is InChI=1S/C15H22N2O3S/c1-20-15-6-2-5-13(15)17-21(18,19)12-8-7-11-4-3-9-16-14(11)10-12/h7-8,10,13,15-17H,2-6,9H2,1H3. The Balaban J connectivity index is 1.81. The minimum Gasteiger partial charge on any atom is -0.385 e. The monoisotopic (exact) mass is 310 g/mol. The number of hydrogen-bond donors (Lipinski definition) is 2. The van der Waals surface area contributed by atoms with E-state index in [2.05, 4.69) is 10.0 Å². The van der Waals surface area contributed by atoms with Crippen molar-refractivity contribution >= 4 is 15.7 Å². The summed E-state index contributed by atoms with van der Waals surface area (Å²) in [5.41, 5.74) is 2.13. The second-order valence-electron chi connectivity index (χ2n) is 5.78. The lowest BCUT2D eigenvalue weighted by Crippen LogP contribution is -2.40. The van der Waals surface area contributed by atoms with Gasteiger partial charge in [0.15, 0.2) is 0 Å². The van der Waals surface area contributed by atoms with Crippen molar-refractivity contribution in [2.24, 2.45) is 0 Å². The van der Waals surface area contributed by atoms with Crippen molar-refractivity contribution < 1.29 is 13.2 Å². The SMILES string of the molecule is COC1CCCC1NS(=O)(=O)c1ccc2c(c1)NCCC2. The van der Waals surface area contributed by atoms with Gasteiger partial charge in [-0.1, -0.05) is 6.07 Å². The van der Waals surface area contributed by atoms with Crippen LogP contribution in [-0.2, 0) is 21.2 Å². The van der Waals surface area contributed by atoms with Crippen LogP contribution in [0.15, 0.2) is 23.1 Å². The highest BCUT2D eigenvalue weighted by Gasteiger charge is 2.31. The number of anilines is 1.